The summed E-state index contributed by atoms with van der Waals surface area (Å²) in [6, 6.07) is 0. The average molecular weight is 374 g/mol. The van der Waals surface area contributed by atoms with Gasteiger partial charge in [0.15, 0.2) is 5.78 Å². The Hall–Kier alpha value is -0.490. The highest BCUT2D eigenvalue weighted by molar-refractivity contribution is 5.85. The van der Waals surface area contributed by atoms with E-state index in [4.69, 9.17) is 14.2 Å². The van der Waals surface area contributed by atoms with E-state index in [0.29, 0.717) is 13.2 Å². The van der Waals surface area contributed by atoms with Gasteiger partial charge in [-0.05, 0) is 60.4 Å². The zero-order valence-electron chi connectivity index (χ0n) is 18.5. The van der Waals surface area contributed by atoms with E-state index in [1.807, 2.05) is 27.8 Å². The SMILES string of the molecule is CCC(C)(CC)C(=O)COC(C)(C)CCOC(C)(C)CCOCCNC. The molecule has 0 radical (unpaired) electrons. The molecule has 0 heterocycles. The Morgan fingerprint density at radius 1 is 0.846 bits per heavy atom. The first-order chi connectivity index (χ1) is 12.0. The molecule has 26 heavy (non-hydrogen) atoms. The van der Waals surface area contributed by atoms with E-state index in [1.54, 1.807) is 0 Å². The van der Waals surface area contributed by atoms with Gasteiger partial charge in [0.25, 0.3) is 0 Å². The number of rotatable bonds is 16. The second kappa shape index (κ2) is 12.1. The van der Waals surface area contributed by atoms with Gasteiger partial charge < -0.3 is 19.5 Å². The molecule has 5 nitrogen and oxygen atoms in total. The molecular weight excluding hydrogens is 330 g/mol. The molecule has 1 N–H and O–H groups in total. The Morgan fingerprint density at radius 2 is 1.38 bits per heavy atom. The molecule has 0 rings (SSSR count). The Kier molecular flexibility index (Phi) is 11.8. The van der Waals surface area contributed by atoms with Gasteiger partial charge in [0.2, 0.25) is 0 Å². The summed E-state index contributed by atoms with van der Waals surface area (Å²) in [5.74, 6) is 0.190. The van der Waals surface area contributed by atoms with Crippen molar-refractivity contribution in [1.82, 2.24) is 5.32 Å². The summed E-state index contributed by atoms with van der Waals surface area (Å²) in [4.78, 5) is 12.4. The van der Waals surface area contributed by atoms with Crippen LogP contribution in [0.3, 0.4) is 0 Å². The average Bonchev–Trinajstić information content (AvgIpc) is 2.58. The number of carbonyl (C=O) groups excluding carboxylic acids is 1. The van der Waals surface area contributed by atoms with Gasteiger partial charge in [-0.2, -0.15) is 0 Å². The molecule has 0 aromatic heterocycles. The highest BCUT2D eigenvalue weighted by atomic mass is 16.5. The molecule has 0 aliphatic heterocycles. The van der Waals surface area contributed by atoms with Crippen LogP contribution in [0.2, 0.25) is 0 Å². The fourth-order valence-electron chi connectivity index (χ4n) is 2.39. The molecule has 0 aromatic carbocycles. The van der Waals surface area contributed by atoms with Crippen LogP contribution in [0.5, 0.6) is 0 Å². The number of ether oxygens (including phenoxy) is 3. The van der Waals surface area contributed by atoms with Crippen LogP contribution in [0.4, 0.5) is 0 Å². The predicted octanol–water partition coefficient (Wildman–Crippen LogP) is 3.99. The summed E-state index contributed by atoms with van der Waals surface area (Å²) < 4.78 is 17.5. The molecule has 0 amide bonds. The number of hydrogen-bond donors (Lipinski definition) is 1. The smallest absolute Gasteiger partial charge is 0.164 e. The molecule has 5 heteroatoms. The maximum Gasteiger partial charge on any atom is 0.164 e. The van der Waals surface area contributed by atoms with Crippen molar-refractivity contribution >= 4 is 5.78 Å². The van der Waals surface area contributed by atoms with E-state index in [1.165, 1.54) is 0 Å². The highest BCUT2D eigenvalue weighted by Crippen LogP contribution is 2.28. The molecule has 0 saturated heterocycles. The highest BCUT2D eigenvalue weighted by Gasteiger charge is 2.31. The van der Waals surface area contributed by atoms with Crippen LogP contribution in [0.1, 0.15) is 74.1 Å². The second-order valence-electron chi connectivity index (χ2n) is 8.56. The zero-order valence-corrected chi connectivity index (χ0v) is 18.5. The summed E-state index contributed by atoms with van der Waals surface area (Å²) in [7, 11) is 1.92. The normalized spacial score (nSPS) is 13.2. The monoisotopic (exact) mass is 373 g/mol. The second-order valence-corrected chi connectivity index (χ2v) is 8.56. The minimum Gasteiger partial charge on any atom is -0.380 e. The molecule has 0 fully saturated rings. The van der Waals surface area contributed by atoms with Crippen molar-refractivity contribution < 1.29 is 19.0 Å². The fourth-order valence-corrected chi connectivity index (χ4v) is 2.39. The fraction of sp³-hybridized carbons (Fsp3) is 0.952. The van der Waals surface area contributed by atoms with Gasteiger partial charge in [-0.1, -0.05) is 20.8 Å². The summed E-state index contributed by atoms with van der Waals surface area (Å²) >= 11 is 0. The number of carbonyl (C=O) groups is 1. The van der Waals surface area contributed by atoms with Crippen molar-refractivity contribution in [3.8, 4) is 0 Å². The lowest BCUT2D eigenvalue weighted by atomic mass is 9.80. The van der Waals surface area contributed by atoms with Gasteiger partial charge in [-0.25, -0.2) is 0 Å². The Balaban J connectivity index is 4.17. The Labute approximate surface area is 161 Å². The number of likely N-dealkylation sites (N-methyl/N-ethyl adjacent to an activating group) is 1. The minimum atomic E-state index is -0.378. The number of ketones is 1. The molecule has 0 bridgehead atoms. The van der Waals surface area contributed by atoms with Crippen molar-refractivity contribution in [1.29, 1.82) is 0 Å². The number of hydrogen-bond acceptors (Lipinski definition) is 5. The van der Waals surface area contributed by atoms with E-state index in [9.17, 15) is 4.79 Å². The third-order valence-electron chi connectivity index (χ3n) is 5.37. The van der Waals surface area contributed by atoms with Gasteiger partial charge in [0.05, 0.1) is 24.4 Å². The third kappa shape index (κ3) is 10.6. The van der Waals surface area contributed by atoms with Crippen LogP contribution in [-0.4, -0.2) is 57.0 Å². The summed E-state index contributed by atoms with van der Waals surface area (Å²) in [6.07, 6.45) is 3.29. The molecule has 0 unspecified atom stereocenters. The van der Waals surface area contributed by atoms with E-state index >= 15 is 0 Å². The molecular formula is C21H43NO4. The topological polar surface area (TPSA) is 56.8 Å². The van der Waals surface area contributed by atoms with Crippen molar-refractivity contribution in [2.75, 3.05) is 40.0 Å². The molecule has 0 spiro atoms. The van der Waals surface area contributed by atoms with E-state index in [-0.39, 0.29) is 29.0 Å². The van der Waals surface area contributed by atoms with Crippen molar-refractivity contribution in [3.63, 3.8) is 0 Å². The Bertz CT molecular complexity index is 389. The van der Waals surface area contributed by atoms with Crippen LogP contribution >= 0.6 is 0 Å². The van der Waals surface area contributed by atoms with Crippen LogP contribution < -0.4 is 5.32 Å². The zero-order chi connectivity index (χ0) is 20.3. The van der Waals surface area contributed by atoms with Crippen LogP contribution in [0, 0.1) is 5.41 Å². The maximum absolute atomic E-state index is 12.4. The van der Waals surface area contributed by atoms with Crippen molar-refractivity contribution in [2.45, 2.75) is 85.4 Å². The summed E-state index contributed by atoms with van der Waals surface area (Å²) in [6.45, 7) is 17.4. The van der Waals surface area contributed by atoms with Crippen LogP contribution in [0.25, 0.3) is 0 Å². The van der Waals surface area contributed by atoms with Crippen LogP contribution in [-0.2, 0) is 19.0 Å². The van der Waals surface area contributed by atoms with E-state index in [2.05, 4.69) is 33.0 Å². The third-order valence-corrected chi connectivity index (χ3v) is 5.37. The maximum atomic E-state index is 12.4. The van der Waals surface area contributed by atoms with Gasteiger partial charge in [0, 0.05) is 18.6 Å². The van der Waals surface area contributed by atoms with Gasteiger partial charge in [-0.15, -0.1) is 0 Å². The minimum absolute atomic E-state index is 0.174. The lowest BCUT2D eigenvalue weighted by molar-refractivity contribution is -0.141. The van der Waals surface area contributed by atoms with E-state index in [0.717, 1.165) is 38.8 Å². The molecule has 0 aromatic rings. The molecule has 156 valence electrons. The number of nitrogens with one attached hydrogen (secondary N) is 1. The molecule has 0 saturated carbocycles. The van der Waals surface area contributed by atoms with Crippen molar-refractivity contribution in [3.05, 3.63) is 0 Å². The van der Waals surface area contributed by atoms with Crippen LogP contribution in [0.15, 0.2) is 0 Å². The molecule has 0 aliphatic carbocycles. The first-order valence-corrected chi connectivity index (χ1v) is 10.1. The molecule has 0 atom stereocenters. The molecule has 0 aliphatic rings. The standard InChI is InChI=1S/C21H43NO4/c1-9-21(7,10-2)18(23)17-26-20(5,6)12-15-25-19(3,4)11-14-24-16-13-22-8/h22H,9-17H2,1-8H3. The largest absolute Gasteiger partial charge is 0.380 e. The summed E-state index contributed by atoms with van der Waals surface area (Å²) in [5.41, 5.74) is -0.881. The lowest BCUT2D eigenvalue weighted by Crippen LogP contribution is -2.36. The number of Topliss-reactive ketones (excluding diaryl/α,β-unsaturated/α-hetero) is 1. The summed E-state index contributed by atoms with van der Waals surface area (Å²) in [5, 5.41) is 3.06. The van der Waals surface area contributed by atoms with Crippen molar-refractivity contribution in [2.24, 2.45) is 5.41 Å². The predicted molar refractivity (Wildman–Crippen MR) is 108 cm³/mol. The Morgan fingerprint density at radius 3 is 1.92 bits per heavy atom. The van der Waals surface area contributed by atoms with Gasteiger partial charge >= 0.3 is 0 Å². The lowest BCUT2D eigenvalue weighted by Gasteiger charge is -2.31. The van der Waals surface area contributed by atoms with E-state index < -0.39 is 0 Å². The first-order valence-electron chi connectivity index (χ1n) is 10.1. The quantitative estimate of drug-likeness (QED) is 0.415. The van der Waals surface area contributed by atoms with Gasteiger partial charge in [0.1, 0.15) is 6.61 Å². The van der Waals surface area contributed by atoms with Gasteiger partial charge in [-0.3, -0.25) is 4.79 Å². The first kappa shape index (κ1) is 25.5.